The van der Waals surface area contributed by atoms with Crippen LogP contribution in [0.4, 0.5) is 0 Å². The zero-order valence-electron chi connectivity index (χ0n) is 14.6. The quantitative estimate of drug-likeness (QED) is 0.785. The molecule has 0 saturated carbocycles. The summed E-state index contributed by atoms with van der Waals surface area (Å²) in [6.07, 6.45) is 0. The van der Waals surface area contributed by atoms with Gasteiger partial charge in [-0.25, -0.2) is 0 Å². The summed E-state index contributed by atoms with van der Waals surface area (Å²) in [5.74, 6) is 0.904. The minimum absolute atomic E-state index is 0.904. The molecule has 1 heterocycles. The van der Waals surface area contributed by atoms with Gasteiger partial charge in [0.25, 0.3) is 0 Å². The molecule has 1 aliphatic heterocycles. The maximum atomic E-state index is 5.31. The molecular weight excluding hydrogens is 364 g/mol. The lowest BCUT2D eigenvalue weighted by Gasteiger charge is -2.30. The molecule has 0 bridgehead atoms. The molecule has 2 N–H and O–H groups in total. The van der Waals surface area contributed by atoms with Crippen molar-refractivity contribution >= 4 is 15.9 Å². The normalized spacial score (nSPS) is 20.8. The summed E-state index contributed by atoms with van der Waals surface area (Å²) in [4.78, 5) is 3.39. The van der Waals surface area contributed by atoms with Crippen LogP contribution in [0.3, 0.4) is 0 Å². The highest BCUT2D eigenvalue weighted by Gasteiger charge is 2.23. The monoisotopic (exact) mass is 390 g/mol. The maximum Gasteiger partial charge on any atom is 0.133 e. The van der Waals surface area contributed by atoms with E-state index in [4.69, 9.17) is 4.74 Å². The van der Waals surface area contributed by atoms with Gasteiger partial charge in [-0.1, -0.05) is 29.8 Å². The van der Waals surface area contributed by atoms with Gasteiger partial charge in [-0.2, -0.15) is 0 Å². The number of piperazine rings is 1. The summed E-state index contributed by atoms with van der Waals surface area (Å²) >= 11 is 3.59. The zero-order chi connectivity index (χ0) is 16.9. The summed E-state index contributed by atoms with van der Waals surface area (Å²) in [6.45, 7) is 9.38. The lowest BCUT2D eigenvalue weighted by Crippen LogP contribution is -3.27. The summed E-state index contributed by atoms with van der Waals surface area (Å²) in [6, 6.07) is 15.4. The predicted octanol–water partition coefficient (Wildman–Crippen LogP) is 1.25. The SMILES string of the molecule is COc1ccc(C[NH+]2CC[NH+](Cc3ccc(C)cc3)CC2)cc1Br. The Morgan fingerprint density at radius 1 is 0.875 bits per heavy atom. The second-order valence-electron chi connectivity index (χ2n) is 6.81. The highest BCUT2D eigenvalue weighted by molar-refractivity contribution is 9.10. The number of hydrogen-bond acceptors (Lipinski definition) is 1. The van der Waals surface area contributed by atoms with E-state index in [1.807, 2.05) is 0 Å². The first-order valence-electron chi connectivity index (χ1n) is 8.69. The largest absolute Gasteiger partial charge is 0.496 e. The Morgan fingerprint density at radius 2 is 1.42 bits per heavy atom. The van der Waals surface area contributed by atoms with Crippen molar-refractivity contribution in [2.24, 2.45) is 0 Å². The average Bonchev–Trinajstić information content (AvgIpc) is 2.59. The molecule has 2 aromatic carbocycles. The second-order valence-corrected chi connectivity index (χ2v) is 7.66. The smallest absolute Gasteiger partial charge is 0.133 e. The molecule has 0 radical (unpaired) electrons. The number of nitrogens with one attached hydrogen (secondary N) is 2. The number of halogens is 1. The van der Waals surface area contributed by atoms with E-state index in [2.05, 4.69) is 65.3 Å². The van der Waals surface area contributed by atoms with Crippen molar-refractivity contribution in [2.45, 2.75) is 20.0 Å². The molecule has 3 nitrogen and oxygen atoms in total. The van der Waals surface area contributed by atoms with Crippen molar-refractivity contribution in [1.82, 2.24) is 0 Å². The minimum atomic E-state index is 0.904. The van der Waals surface area contributed by atoms with Crippen LogP contribution in [0.2, 0.25) is 0 Å². The Labute approximate surface area is 153 Å². The van der Waals surface area contributed by atoms with E-state index < -0.39 is 0 Å². The molecule has 0 spiro atoms. The second kappa shape index (κ2) is 8.15. The lowest BCUT2D eigenvalue weighted by molar-refractivity contribution is -1.02. The summed E-state index contributed by atoms with van der Waals surface area (Å²) in [7, 11) is 1.71. The van der Waals surface area contributed by atoms with E-state index in [0.29, 0.717) is 0 Å². The van der Waals surface area contributed by atoms with Crippen LogP contribution < -0.4 is 14.5 Å². The van der Waals surface area contributed by atoms with E-state index in [1.54, 1.807) is 16.9 Å². The van der Waals surface area contributed by atoms with E-state index in [0.717, 1.165) is 23.3 Å². The van der Waals surface area contributed by atoms with Gasteiger partial charge in [0, 0.05) is 11.1 Å². The van der Waals surface area contributed by atoms with Gasteiger partial charge in [-0.3, -0.25) is 0 Å². The van der Waals surface area contributed by atoms with Crippen LogP contribution in [0.25, 0.3) is 0 Å². The lowest BCUT2D eigenvalue weighted by atomic mass is 10.1. The predicted molar refractivity (Wildman–Crippen MR) is 101 cm³/mol. The van der Waals surface area contributed by atoms with E-state index in [9.17, 15) is 0 Å². The van der Waals surface area contributed by atoms with Crippen molar-refractivity contribution < 1.29 is 14.5 Å². The highest BCUT2D eigenvalue weighted by atomic mass is 79.9. The first-order chi connectivity index (χ1) is 11.6. The first-order valence-corrected chi connectivity index (χ1v) is 9.48. The molecule has 1 saturated heterocycles. The standard InChI is InChI=1S/C20H25BrN2O/c1-16-3-5-17(6-4-16)14-22-9-11-23(12-10-22)15-18-7-8-20(24-2)19(21)13-18/h3-8,13H,9-12,14-15H2,1-2H3/p+2. The number of rotatable bonds is 5. The number of aryl methyl sites for hydroxylation is 1. The minimum Gasteiger partial charge on any atom is -0.496 e. The van der Waals surface area contributed by atoms with E-state index in [-0.39, 0.29) is 0 Å². The molecule has 128 valence electrons. The Kier molecular flexibility index (Phi) is 5.93. The third-order valence-corrected chi connectivity index (χ3v) is 5.53. The van der Waals surface area contributed by atoms with Gasteiger partial charge in [0.1, 0.15) is 45.0 Å². The molecule has 24 heavy (non-hydrogen) atoms. The van der Waals surface area contributed by atoms with Gasteiger partial charge >= 0.3 is 0 Å². The molecule has 1 aliphatic rings. The molecule has 3 rings (SSSR count). The van der Waals surface area contributed by atoms with Crippen molar-refractivity contribution in [1.29, 1.82) is 0 Å². The number of hydrogen-bond donors (Lipinski definition) is 2. The molecule has 4 heteroatoms. The average molecular weight is 391 g/mol. The van der Waals surface area contributed by atoms with Crippen LogP contribution in [0.15, 0.2) is 46.9 Å². The molecule has 2 aromatic rings. The van der Waals surface area contributed by atoms with E-state index in [1.165, 1.54) is 42.9 Å². The summed E-state index contributed by atoms with van der Waals surface area (Å²) in [5.41, 5.74) is 4.17. The Hall–Kier alpha value is -1.36. The topological polar surface area (TPSA) is 18.1 Å². The van der Waals surface area contributed by atoms with Gasteiger partial charge in [0.05, 0.1) is 11.6 Å². The zero-order valence-corrected chi connectivity index (χ0v) is 16.2. The fourth-order valence-electron chi connectivity index (χ4n) is 3.41. The van der Waals surface area contributed by atoms with Gasteiger partial charge in [-0.05, 0) is 41.1 Å². The van der Waals surface area contributed by atoms with Crippen molar-refractivity contribution in [2.75, 3.05) is 33.3 Å². The molecule has 0 atom stereocenters. The van der Waals surface area contributed by atoms with Crippen molar-refractivity contribution in [3.8, 4) is 5.75 Å². The first kappa shape index (κ1) is 17.5. The Bertz CT molecular complexity index is 664. The molecule has 0 amide bonds. The molecule has 0 aliphatic carbocycles. The molecule has 0 aromatic heterocycles. The van der Waals surface area contributed by atoms with Crippen LogP contribution in [0, 0.1) is 6.92 Å². The third-order valence-electron chi connectivity index (χ3n) is 4.91. The van der Waals surface area contributed by atoms with Gasteiger partial charge < -0.3 is 14.5 Å². The molecular formula is C20H27BrN2O+2. The van der Waals surface area contributed by atoms with Crippen molar-refractivity contribution in [3.05, 3.63) is 63.6 Å². The van der Waals surface area contributed by atoms with Crippen LogP contribution >= 0.6 is 15.9 Å². The molecule has 1 fully saturated rings. The third kappa shape index (κ3) is 4.59. The number of benzene rings is 2. The summed E-state index contributed by atoms with van der Waals surface area (Å²) < 4.78 is 6.36. The molecule has 0 unspecified atom stereocenters. The fraction of sp³-hybridized carbons (Fsp3) is 0.400. The van der Waals surface area contributed by atoms with E-state index >= 15 is 0 Å². The van der Waals surface area contributed by atoms with Crippen molar-refractivity contribution in [3.63, 3.8) is 0 Å². The highest BCUT2D eigenvalue weighted by Crippen LogP contribution is 2.25. The van der Waals surface area contributed by atoms with Crippen LogP contribution in [0.1, 0.15) is 16.7 Å². The van der Waals surface area contributed by atoms with Crippen LogP contribution in [0.5, 0.6) is 5.75 Å². The Morgan fingerprint density at radius 3 is 1.96 bits per heavy atom. The number of methoxy groups -OCH3 is 1. The van der Waals surface area contributed by atoms with Crippen LogP contribution in [-0.4, -0.2) is 33.3 Å². The van der Waals surface area contributed by atoms with Crippen LogP contribution in [-0.2, 0) is 13.1 Å². The van der Waals surface area contributed by atoms with Gasteiger partial charge in [0.15, 0.2) is 0 Å². The number of ether oxygens (including phenoxy) is 1. The number of quaternary nitrogens is 2. The Balaban J connectivity index is 1.50. The van der Waals surface area contributed by atoms with Gasteiger partial charge in [-0.15, -0.1) is 0 Å². The van der Waals surface area contributed by atoms with Gasteiger partial charge in [0.2, 0.25) is 0 Å². The fourth-order valence-corrected chi connectivity index (χ4v) is 4.00. The maximum absolute atomic E-state index is 5.31. The summed E-state index contributed by atoms with van der Waals surface area (Å²) in [5, 5.41) is 0.